The minimum absolute atomic E-state index is 0.0350. The summed E-state index contributed by atoms with van der Waals surface area (Å²) in [6.45, 7) is -0.0350. The predicted octanol–water partition coefficient (Wildman–Crippen LogP) is 1.55. The highest BCUT2D eigenvalue weighted by Gasteiger charge is 2.60. The Hall–Kier alpha value is -1.89. The van der Waals surface area contributed by atoms with Gasteiger partial charge in [-0.15, -0.1) is 4.52 Å². The summed E-state index contributed by atoms with van der Waals surface area (Å²) in [4.78, 5) is 33.7. The minimum atomic E-state index is -3.92. The van der Waals surface area contributed by atoms with Crippen molar-refractivity contribution in [2.75, 3.05) is 19.5 Å². The number of hydrogen-bond acceptors (Lipinski definition) is 11. The molecule has 2 aliphatic rings. The normalized spacial score (nSPS) is 28.0. The van der Waals surface area contributed by atoms with Crippen LogP contribution in [0.25, 0.3) is 11.2 Å². The number of aromatic nitrogens is 4. The Kier molecular flexibility index (Phi) is 5.12. The molecule has 4 N–H and O–H groups in total. The summed E-state index contributed by atoms with van der Waals surface area (Å²) in [7, 11) is -2.42. The number of methoxy groups -OCH3 is 1. The molecule has 30 heavy (non-hydrogen) atoms. The van der Waals surface area contributed by atoms with Gasteiger partial charge in [0.15, 0.2) is 34.5 Å². The number of ether oxygens (including phenoxy) is 2. The lowest BCUT2D eigenvalue weighted by molar-refractivity contribution is -0.0763. The van der Waals surface area contributed by atoms with E-state index in [9.17, 15) is 9.79 Å². The zero-order valence-corrected chi connectivity index (χ0v) is 17.4. The molecule has 2 saturated heterocycles. The van der Waals surface area contributed by atoms with Crippen LogP contribution in [0, 0.1) is 0 Å². The first-order valence-corrected chi connectivity index (χ1v) is 11.4. The maximum Gasteiger partial charge on any atom is 0.570 e. The third-order valence-corrected chi connectivity index (χ3v) is 6.89. The van der Waals surface area contributed by atoms with E-state index in [1.54, 1.807) is 4.57 Å². The molecule has 11 nitrogen and oxygen atoms in total. The number of anilines is 1. The highest BCUT2D eigenvalue weighted by atomic mass is 32.2. The highest BCUT2D eigenvalue weighted by Crippen LogP contribution is 2.59. The molecule has 0 amide bonds. The Bertz CT molecular complexity index is 1070. The van der Waals surface area contributed by atoms with Crippen molar-refractivity contribution in [3.8, 4) is 0 Å². The maximum absolute atomic E-state index is 9.86. The van der Waals surface area contributed by atoms with E-state index in [4.69, 9.17) is 24.3 Å². The Morgan fingerprint density at radius 1 is 1.27 bits per heavy atom. The van der Waals surface area contributed by atoms with Gasteiger partial charge in [-0.2, -0.15) is 14.3 Å². The van der Waals surface area contributed by atoms with Gasteiger partial charge in [0, 0.05) is 12.0 Å². The van der Waals surface area contributed by atoms with Crippen LogP contribution in [0.4, 0.5) is 5.82 Å². The van der Waals surface area contributed by atoms with Gasteiger partial charge in [-0.1, -0.05) is 30.0 Å². The smallest absolute Gasteiger partial charge is 0.382 e. The fourth-order valence-corrected chi connectivity index (χ4v) is 5.49. The van der Waals surface area contributed by atoms with Gasteiger partial charge in [0.25, 0.3) is 0 Å². The van der Waals surface area contributed by atoms with Crippen LogP contribution in [0.15, 0.2) is 46.7 Å². The number of nitrogens with zero attached hydrogens (tertiary/aromatic N) is 4. The van der Waals surface area contributed by atoms with Crippen LogP contribution in [0.2, 0.25) is 0 Å². The van der Waals surface area contributed by atoms with Crippen LogP contribution >= 0.6 is 19.9 Å². The van der Waals surface area contributed by atoms with Crippen molar-refractivity contribution in [3.63, 3.8) is 0 Å². The number of imidazole rings is 1. The standard InChI is InChI=1S/C17H19N5O6PS/c1-25-13-12-10(7-26-29(23,24)28-12)27-16(13)22-15-11(14(18)19-8-20-15)21-17(22)30-9-5-3-2-4-6-9/h2-6,8,10,12-13,16,23-24H,7H2,1H3,(H2,18,19,20)/q+1/t10-,12-,13?,16+/m0/s1. The second-order valence-electron chi connectivity index (χ2n) is 6.73. The second-order valence-corrected chi connectivity index (χ2v) is 9.22. The fraction of sp³-hybridized carbons (Fsp3) is 0.353. The summed E-state index contributed by atoms with van der Waals surface area (Å²) in [6, 6.07) is 9.70. The molecule has 1 aromatic carbocycles. The molecule has 13 heteroatoms. The van der Waals surface area contributed by atoms with E-state index in [1.165, 1.54) is 25.2 Å². The summed E-state index contributed by atoms with van der Waals surface area (Å²) >= 11 is 1.41. The zero-order valence-electron chi connectivity index (χ0n) is 15.7. The maximum atomic E-state index is 9.86. The van der Waals surface area contributed by atoms with E-state index in [0.717, 1.165) is 4.90 Å². The van der Waals surface area contributed by atoms with Gasteiger partial charge in [-0.05, 0) is 12.1 Å². The second kappa shape index (κ2) is 7.66. The van der Waals surface area contributed by atoms with E-state index in [-0.39, 0.29) is 12.4 Å². The van der Waals surface area contributed by atoms with Crippen LogP contribution < -0.4 is 5.73 Å². The molecule has 0 aliphatic carbocycles. The molecule has 4 heterocycles. The van der Waals surface area contributed by atoms with Crippen molar-refractivity contribution in [2.24, 2.45) is 0 Å². The van der Waals surface area contributed by atoms with Gasteiger partial charge in [0.1, 0.15) is 25.1 Å². The van der Waals surface area contributed by atoms with Gasteiger partial charge in [-0.3, -0.25) is 4.57 Å². The minimum Gasteiger partial charge on any atom is -0.382 e. The van der Waals surface area contributed by atoms with E-state index < -0.39 is 32.7 Å². The molecule has 0 saturated carbocycles. The van der Waals surface area contributed by atoms with Crippen LogP contribution in [0.5, 0.6) is 0 Å². The average molecular weight is 452 g/mol. The van der Waals surface area contributed by atoms with Crippen molar-refractivity contribution in [3.05, 3.63) is 36.7 Å². The van der Waals surface area contributed by atoms with Crippen molar-refractivity contribution in [1.29, 1.82) is 0 Å². The Morgan fingerprint density at radius 3 is 2.83 bits per heavy atom. The topological polar surface area (TPSA) is 147 Å². The van der Waals surface area contributed by atoms with Crippen molar-refractivity contribution < 1.29 is 28.3 Å². The molecular formula is C17H19N5O6PS+. The van der Waals surface area contributed by atoms with Gasteiger partial charge in [0.2, 0.25) is 0 Å². The lowest BCUT2D eigenvalue weighted by Gasteiger charge is -2.26. The quantitative estimate of drug-likeness (QED) is 0.495. The molecule has 0 bridgehead atoms. The molecule has 158 valence electrons. The first-order valence-electron chi connectivity index (χ1n) is 9.04. The Balaban J connectivity index is 1.60. The van der Waals surface area contributed by atoms with Gasteiger partial charge in [0.05, 0.1) is 0 Å². The molecule has 0 spiro atoms. The molecule has 1 unspecified atom stereocenters. The molecule has 0 radical (unpaired) electrons. The number of nitrogen functional groups attached to an aromatic ring is 1. The van der Waals surface area contributed by atoms with Crippen LogP contribution in [0.1, 0.15) is 6.23 Å². The van der Waals surface area contributed by atoms with Crippen LogP contribution in [0.3, 0.4) is 0 Å². The molecular weight excluding hydrogens is 433 g/mol. The summed E-state index contributed by atoms with van der Waals surface area (Å²) in [5.41, 5.74) is 6.95. The number of nitrogens with two attached hydrogens (primary N) is 1. The van der Waals surface area contributed by atoms with Gasteiger partial charge in [-0.25, -0.2) is 15.0 Å². The van der Waals surface area contributed by atoms with Crippen molar-refractivity contribution >= 4 is 36.9 Å². The summed E-state index contributed by atoms with van der Waals surface area (Å²) in [5, 5.41) is 0.573. The van der Waals surface area contributed by atoms with Gasteiger partial charge >= 0.3 is 8.17 Å². The van der Waals surface area contributed by atoms with Crippen molar-refractivity contribution in [1.82, 2.24) is 19.5 Å². The summed E-state index contributed by atoms with van der Waals surface area (Å²) in [5.74, 6) is 0.244. The van der Waals surface area contributed by atoms with E-state index in [1.807, 2.05) is 30.3 Å². The first kappa shape index (κ1) is 20.0. The molecule has 5 rings (SSSR count). The lowest BCUT2D eigenvalue weighted by Crippen LogP contribution is -2.41. The van der Waals surface area contributed by atoms with Gasteiger partial charge < -0.3 is 15.2 Å². The zero-order chi connectivity index (χ0) is 20.9. The Morgan fingerprint density at radius 2 is 2.07 bits per heavy atom. The third-order valence-electron chi connectivity index (χ3n) is 4.90. The van der Waals surface area contributed by atoms with E-state index >= 15 is 0 Å². The molecule has 2 aromatic heterocycles. The summed E-state index contributed by atoms with van der Waals surface area (Å²) < 4.78 is 24.0. The Labute approximate surface area is 175 Å². The van der Waals surface area contributed by atoms with Crippen LogP contribution in [-0.2, 0) is 18.5 Å². The van der Waals surface area contributed by atoms with Crippen LogP contribution in [-0.4, -0.2) is 61.3 Å². The summed E-state index contributed by atoms with van der Waals surface area (Å²) in [6.07, 6.45) is -1.31. The number of benzene rings is 1. The predicted molar refractivity (Wildman–Crippen MR) is 107 cm³/mol. The average Bonchev–Trinajstić information content (AvgIpc) is 3.25. The largest absolute Gasteiger partial charge is 0.570 e. The highest BCUT2D eigenvalue weighted by molar-refractivity contribution is 7.99. The molecule has 2 fully saturated rings. The lowest BCUT2D eigenvalue weighted by atomic mass is 10.1. The third kappa shape index (κ3) is 3.45. The van der Waals surface area contributed by atoms with Crippen molar-refractivity contribution in [2.45, 2.75) is 34.6 Å². The SMILES string of the molecule is COC1[C@H]2O[P+](O)(O)OC[C@@H]2O[C@H]1n1c(Sc2ccccc2)nc2c(N)ncnc21. The molecule has 2 aliphatic heterocycles. The fourth-order valence-electron chi connectivity index (χ4n) is 3.59. The molecule has 3 aromatic rings. The first-order chi connectivity index (χ1) is 14.5. The van der Waals surface area contributed by atoms with E-state index in [2.05, 4.69) is 15.0 Å². The van der Waals surface area contributed by atoms with E-state index in [0.29, 0.717) is 16.3 Å². The number of hydrogen-bond donors (Lipinski definition) is 3. The monoisotopic (exact) mass is 452 g/mol. The number of fused-ring (bicyclic) bond motifs is 2. The molecule has 4 atom stereocenters. The number of rotatable bonds is 4.